The van der Waals surface area contributed by atoms with Crippen molar-refractivity contribution >= 4 is 11.8 Å². The topological polar surface area (TPSA) is 67.9 Å². The van der Waals surface area contributed by atoms with Crippen LogP contribution in [0, 0.1) is 5.82 Å². The Kier molecular flexibility index (Phi) is 5.71. The highest BCUT2D eigenvalue weighted by atomic mass is 19.1. The van der Waals surface area contributed by atoms with E-state index in [0.717, 1.165) is 0 Å². The number of benzene rings is 1. The van der Waals surface area contributed by atoms with E-state index in [1.165, 1.54) is 18.2 Å². The molecule has 1 aromatic rings. The SMILES string of the molecule is C[C@@H](NC(=O)COc1ccccc1F)C(=O)N1CCOCC1. The fraction of sp³-hybridized carbons (Fsp3) is 0.467. The van der Waals surface area contributed by atoms with E-state index in [4.69, 9.17) is 9.47 Å². The van der Waals surface area contributed by atoms with Gasteiger partial charge in [-0.3, -0.25) is 9.59 Å². The number of nitrogens with zero attached hydrogens (tertiary/aromatic N) is 1. The Morgan fingerprint density at radius 3 is 2.73 bits per heavy atom. The van der Waals surface area contributed by atoms with Crippen LogP contribution in [0.3, 0.4) is 0 Å². The van der Waals surface area contributed by atoms with Crippen LogP contribution in [0.2, 0.25) is 0 Å². The smallest absolute Gasteiger partial charge is 0.258 e. The number of para-hydroxylation sites is 1. The first-order valence-electron chi connectivity index (χ1n) is 7.11. The molecule has 7 heteroatoms. The van der Waals surface area contributed by atoms with Gasteiger partial charge in [0.2, 0.25) is 5.91 Å². The van der Waals surface area contributed by atoms with Gasteiger partial charge >= 0.3 is 0 Å². The molecule has 0 aliphatic carbocycles. The van der Waals surface area contributed by atoms with Crippen molar-refractivity contribution in [3.63, 3.8) is 0 Å². The highest BCUT2D eigenvalue weighted by Gasteiger charge is 2.23. The van der Waals surface area contributed by atoms with E-state index in [0.29, 0.717) is 26.3 Å². The lowest BCUT2D eigenvalue weighted by Crippen LogP contribution is -2.51. The molecule has 0 unspecified atom stereocenters. The van der Waals surface area contributed by atoms with Crippen LogP contribution in [0.5, 0.6) is 5.75 Å². The Balaban J connectivity index is 1.78. The second kappa shape index (κ2) is 7.74. The summed E-state index contributed by atoms with van der Waals surface area (Å²) in [4.78, 5) is 25.5. The highest BCUT2D eigenvalue weighted by Crippen LogP contribution is 2.14. The molecule has 1 heterocycles. The quantitative estimate of drug-likeness (QED) is 0.863. The van der Waals surface area contributed by atoms with Crippen molar-refractivity contribution in [1.29, 1.82) is 0 Å². The molecular formula is C15H19FN2O4. The van der Waals surface area contributed by atoms with Gasteiger partial charge in [-0.15, -0.1) is 0 Å². The molecule has 1 aliphatic rings. The minimum Gasteiger partial charge on any atom is -0.481 e. The van der Waals surface area contributed by atoms with E-state index in [-0.39, 0.29) is 18.3 Å². The lowest BCUT2D eigenvalue weighted by molar-refractivity contribution is -0.139. The van der Waals surface area contributed by atoms with E-state index in [1.54, 1.807) is 17.9 Å². The minimum absolute atomic E-state index is 0.00445. The standard InChI is InChI=1S/C15H19FN2O4/c1-11(15(20)18-6-8-21-9-7-18)17-14(19)10-22-13-5-3-2-4-12(13)16/h2-5,11H,6-10H2,1H3,(H,17,19)/t11-/m1/s1. The van der Waals surface area contributed by atoms with Crippen molar-refractivity contribution in [2.45, 2.75) is 13.0 Å². The van der Waals surface area contributed by atoms with Crippen LogP contribution in [0.4, 0.5) is 4.39 Å². The average molecular weight is 310 g/mol. The Morgan fingerprint density at radius 1 is 1.36 bits per heavy atom. The maximum Gasteiger partial charge on any atom is 0.258 e. The molecule has 0 spiro atoms. The summed E-state index contributed by atoms with van der Waals surface area (Å²) in [6.07, 6.45) is 0. The molecule has 2 rings (SSSR count). The summed E-state index contributed by atoms with van der Waals surface area (Å²) in [5.41, 5.74) is 0. The van der Waals surface area contributed by atoms with Gasteiger partial charge in [0.05, 0.1) is 13.2 Å². The van der Waals surface area contributed by atoms with Gasteiger partial charge in [0.25, 0.3) is 5.91 Å². The summed E-state index contributed by atoms with van der Waals surface area (Å²) in [6, 6.07) is 5.17. The number of ether oxygens (including phenoxy) is 2. The maximum atomic E-state index is 13.3. The number of morpholine rings is 1. The van der Waals surface area contributed by atoms with Crippen molar-refractivity contribution in [2.24, 2.45) is 0 Å². The fourth-order valence-electron chi connectivity index (χ4n) is 2.11. The number of rotatable bonds is 5. The molecule has 1 aromatic carbocycles. The number of carbonyl (C=O) groups excluding carboxylic acids is 2. The minimum atomic E-state index is -0.658. The molecule has 2 amide bonds. The largest absolute Gasteiger partial charge is 0.481 e. The highest BCUT2D eigenvalue weighted by molar-refractivity contribution is 5.87. The average Bonchev–Trinajstić information content (AvgIpc) is 2.54. The van der Waals surface area contributed by atoms with Gasteiger partial charge < -0.3 is 19.7 Å². The monoisotopic (exact) mass is 310 g/mol. The fourth-order valence-corrected chi connectivity index (χ4v) is 2.11. The molecule has 0 saturated carbocycles. The number of carbonyl (C=O) groups is 2. The third-order valence-corrected chi connectivity index (χ3v) is 3.27. The third kappa shape index (κ3) is 4.42. The van der Waals surface area contributed by atoms with Crippen LogP contribution in [0.15, 0.2) is 24.3 Å². The molecular weight excluding hydrogens is 291 g/mol. The Labute approximate surface area is 128 Å². The number of hydrogen-bond donors (Lipinski definition) is 1. The van der Waals surface area contributed by atoms with Crippen LogP contribution in [0.25, 0.3) is 0 Å². The Morgan fingerprint density at radius 2 is 2.05 bits per heavy atom. The zero-order valence-electron chi connectivity index (χ0n) is 12.4. The molecule has 22 heavy (non-hydrogen) atoms. The summed E-state index contributed by atoms with van der Waals surface area (Å²) in [6.45, 7) is 3.31. The van der Waals surface area contributed by atoms with Crippen molar-refractivity contribution in [1.82, 2.24) is 10.2 Å². The van der Waals surface area contributed by atoms with E-state index < -0.39 is 17.8 Å². The van der Waals surface area contributed by atoms with Crippen molar-refractivity contribution < 1.29 is 23.5 Å². The first-order valence-corrected chi connectivity index (χ1v) is 7.11. The molecule has 1 saturated heterocycles. The second-order valence-corrected chi connectivity index (χ2v) is 4.95. The summed E-state index contributed by atoms with van der Waals surface area (Å²) < 4.78 is 23.6. The van der Waals surface area contributed by atoms with Gasteiger partial charge in [-0.1, -0.05) is 12.1 Å². The second-order valence-electron chi connectivity index (χ2n) is 4.95. The first-order chi connectivity index (χ1) is 10.6. The van der Waals surface area contributed by atoms with Crippen LogP contribution < -0.4 is 10.1 Å². The molecule has 1 N–H and O–H groups in total. The lowest BCUT2D eigenvalue weighted by Gasteiger charge is -2.29. The van der Waals surface area contributed by atoms with Crippen molar-refractivity contribution in [3.05, 3.63) is 30.1 Å². The number of amides is 2. The van der Waals surface area contributed by atoms with E-state index >= 15 is 0 Å². The van der Waals surface area contributed by atoms with Gasteiger partial charge in [0.1, 0.15) is 6.04 Å². The number of nitrogens with one attached hydrogen (secondary N) is 1. The lowest BCUT2D eigenvalue weighted by atomic mass is 10.2. The first kappa shape index (κ1) is 16.2. The van der Waals surface area contributed by atoms with Crippen LogP contribution in [0.1, 0.15) is 6.92 Å². The Hall–Kier alpha value is -2.15. The van der Waals surface area contributed by atoms with Gasteiger partial charge in [-0.05, 0) is 19.1 Å². The van der Waals surface area contributed by atoms with Gasteiger partial charge in [0.15, 0.2) is 18.2 Å². The summed E-state index contributed by atoms with van der Waals surface area (Å²) >= 11 is 0. The van der Waals surface area contributed by atoms with Crippen molar-refractivity contribution in [3.8, 4) is 5.75 Å². The van der Waals surface area contributed by atoms with Crippen LogP contribution in [-0.2, 0) is 14.3 Å². The molecule has 0 radical (unpaired) electrons. The molecule has 6 nitrogen and oxygen atoms in total. The molecule has 0 aromatic heterocycles. The summed E-state index contributed by atoms with van der Waals surface area (Å²) in [7, 11) is 0. The summed E-state index contributed by atoms with van der Waals surface area (Å²) in [5.74, 6) is -1.17. The number of halogens is 1. The van der Waals surface area contributed by atoms with E-state index in [1.807, 2.05) is 0 Å². The normalized spacial score (nSPS) is 16.0. The zero-order valence-corrected chi connectivity index (χ0v) is 12.4. The van der Waals surface area contributed by atoms with E-state index in [2.05, 4.69) is 5.32 Å². The van der Waals surface area contributed by atoms with Crippen LogP contribution in [-0.4, -0.2) is 55.7 Å². The van der Waals surface area contributed by atoms with Crippen LogP contribution >= 0.6 is 0 Å². The molecule has 120 valence electrons. The maximum absolute atomic E-state index is 13.3. The third-order valence-electron chi connectivity index (χ3n) is 3.27. The van der Waals surface area contributed by atoms with Gasteiger partial charge in [-0.2, -0.15) is 0 Å². The molecule has 1 fully saturated rings. The zero-order chi connectivity index (χ0) is 15.9. The molecule has 1 atom stereocenters. The number of hydrogen-bond acceptors (Lipinski definition) is 4. The molecule has 1 aliphatic heterocycles. The Bertz CT molecular complexity index is 532. The molecule has 0 bridgehead atoms. The summed E-state index contributed by atoms with van der Waals surface area (Å²) in [5, 5.41) is 2.55. The van der Waals surface area contributed by atoms with E-state index in [9.17, 15) is 14.0 Å². The van der Waals surface area contributed by atoms with Crippen molar-refractivity contribution in [2.75, 3.05) is 32.9 Å². The predicted molar refractivity (Wildman–Crippen MR) is 76.9 cm³/mol. The predicted octanol–water partition coefficient (Wildman–Crippen LogP) is 0.568. The van der Waals surface area contributed by atoms with Gasteiger partial charge in [0, 0.05) is 13.1 Å². The van der Waals surface area contributed by atoms with Gasteiger partial charge in [-0.25, -0.2) is 4.39 Å².